The van der Waals surface area contributed by atoms with Crippen molar-refractivity contribution >= 4 is 45.2 Å². The van der Waals surface area contributed by atoms with Crippen molar-refractivity contribution in [3.05, 3.63) is 27.6 Å². The van der Waals surface area contributed by atoms with Gasteiger partial charge in [0.2, 0.25) is 0 Å². The summed E-state index contributed by atoms with van der Waals surface area (Å²) in [5, 5.41) is 0. The minimum Gasteiger partial charge on any atom is -0.327 e. The number of hydrogen-bond acceptors (Lipinski definition) is 1. The summed E-state index contributed by atoms with van der Waals surface area (Å²) in [5.74, 6) is 1.78. The van der Waals surface area contributed by atoms with Gasteiger partial charge in [-0.2, -0.15) is 0 Å². The van der Waals surface area contributed by atoms with Gasteiger partial charge in [-0.3, -0.25) is 0 Å². The number of halogens is 2. The van der Waals surface area contributed by atoms with Crippen LogP contribution in [0, 0.1) is 8.99 Å². The highest BCUT2D eigenvalue weighted by Crippen LogP contribution is 2.50. The molecular formula is C15H18ClIN2. The van der Waals surface area contributed by atoms with Crippen LogP contribution < -0.4 is 0 Å². The first kappa shape index (κ1) is 13.7. The fourth-order valence-corrected chi connectivity index (χ4v) is 3.38. The second kappa shape index (κ2) is 5.24. The van der Waals surface area contributed by atoms with Gasteiger partial charge >= 0.3 is 0 Å². The molecule has 1 aromatic carbocycles. The maximum absolute atomic E-state index is 5.93. The molecule has 102 valence electrons. The Morgan fingerprint density at radius 1 is 1.42 bits per heavy atom. The fraction of sp³-hybridized carbons (Fsp3) is 0.533. The SMILES string of the molecule is CCC1(Cn2c(CCCl)nc3cc(I)ccc32)CC1. The van der Waals surface area contributed by atoms with E-state index in [0.717, 1.165) is 24.3 Å². The Hall–Kier alpha value is -0.290. The minimum absolute atomic E-state index is 0.525. The fourth-order valence-electron chi connectivity index (χ4n) is 2.74. The number of aryl methyl sites for hydroxylation is 1. The Bertz CT molecular complexity index is 601. The molecule has 2 aromatic rings. The highest BCUT2D eigenvalue weighted by atomic mass is 127. The van der Waals surface area contributed by atoms with Gasteiger partial charge in [0.1, 0.15) is 5.82 Å². The van der Waals surface area contributed by atoms with Gasteiger partial charge in [0.25, 0.3) is 0 Å². The third-order valence-electron chi connectivity index (χ3n) is 4.31. The molecule has 19 heavy (non-hydrogen) atoms. The molecule has 3 rings (SSSR count). The largest absolute Gasteiger partial charge is 0.327 e. The molecule has 2 nitrogen and oxygen atoms in total. The topological polar surface area (TPSA) is 17.8 Å². The summed E-state index contributed by atoms with van der Waals surface area (Å²) in [6.07, 6.45) is 4.83. The zero-order valence-electron chi connectivity index (χ0n) is 11.1. The molecule has 0 bridgehead atoms. The predicted octanol–water partition coefficient (Wildman–Crippen LogP) is 4.61. The summed E-state index contributed by atoms with van der Waals surface area (Å²) in [5.41, 5.74) is 2.90. The van der Waals surface area contributed by atoms with Gasteiger partial charge in [-0.25, -0.2) is 4.98 Å². The zero-order valence-corrected chi connectivity index (χ0v) is 14.0. The normalized spacial score (nSPS) is 17.0. The second-order valence-electron chi connectivity index (χ2n) is 5.54. The lowest BCUT2D eigenvalue weighted by atomic mass is 10.0. The minimum atomic E-state index is 0.525. The molecule has 0 atom stereocenters. The van der Waals surface area contributed by atoms with Gasteiger partial charge in [0, 0.05) is 22.4 Å². The number of nitrogens with zero attached hydrogens (tertiary/aromatic N) is 2. The van der Waals surface area contributed by atoms with E-state index < -0.39 is 0 Å². The lowest BCUT2D eigenvalue weighted by molar-refractivity contribution is 0.408. The van der Waals surface area contributed by atoms with Crippen LogP contribution in [0.2, 0.25) is 0 Å². The van der Waals surface area contributed by atoms with E-state index in [1.54, 1.807) is 0 Å². The van der Waals surface area contributed by atoms with E-state index in [1.165, 1.54) is 28.3 Å². The molecule has 1 heterocycles. The monoisotopic (exact) mass is 388 g/mol. The maximum atomic E-state index is 5.93. The smallest absolute Gasteiger partial charge is 0.111 e. The maximum Gasteiger partial charge on any atom is 0.111 e. The van der Waals surface area contributed by atoms with Gasteiger partial charge in [-0.1, -0.05) is 6.92 Å². The van der Waals surface area contributed by atoms with Gasteiger partial charge in [-0.05, 0) is 65.5 Å². The Kier molecular flexibility index (Phi) is 3.78. The second-order valence-corrected chi connectivity index (χ2v) is 7.16. The molecule has 0 amide bonds. The Morgan fingerprint density at radius 3 is 2.84 bits per heavy atom. The van der Waals surface area contributed by atoms with Gasteiger partial charge in [0.05, 0.1) is 11.0 Å². The first-order valence-electron chi connectivity index (χ1n) is 6.88. The molecule has 1 saturated carbocycles. The van der Waals surface area contributed by atoms with E-state index in [-0.39, 0.29) is 0 Å². The van der Waals surface area contributed by atoms with Crippen LogP contribution in [0.25, 0.3) is 11.0 Å². The highest BCUT2D eigenvalue weighted by molar-refractivity contribution is 14.1. The standard InChI is InChI=1S/C15H18ClIN2/c1-2-15(6-7-15)10-19-13-4-3-11(17)9-12(13)18-14(19)5-8-16/h3-4,9H,2,5-8,10H2,1H3. The Labute approximate surface area is 132 Å². The summed E-state index contributed by atoms with van der Waals surface area (Å²) in [6, 6.07) is 6.53. The van der Waals surface area contributed by atoms with Crippen LogP contribution >= 0.6 is 34.2 Å². The summed E-state index contributed by atoms with van der Waals surface area (Å²) in [6.45, 7) is 3.41. The molecule has 1 aliphatic rings. The van der Waals surface area contributed by atoms with Gasteiger partial charge in [0.15, 0.2) is 0 Å². The summed E-state index contributed by atoms with van der Waals surface area (Å²) in [4.78, 5) is 4.78. The van der Waals surface area contributed by atoms with Crippen LogP contribution in [0.5, 0.6) is 0 Å². The van der Waals surface area contributed by atoms with Crippen LogP contribution in [0.1, 0.15) is 32.0 Å². The highest BCUT2D eigenvalue weighted by Gasteiger charge is 2.41. The summed E-state index contributed by atoms with van der Waals surface area (Å²) in [7, 11) is 0. The van der Waals surface area contributed by atoms with Gasteiger partial charge < -0.3 is 4.57 Å². The van der Waals surface area contributed by atoms with Crippen molar-refractivity contribution in [2.24, 2.45) is 5.41 Å². The van der Waals surface area contributed by atoms with Crippen LogP contribution in [-0.2, 0) is 13.0 Å². The van der Waals surface area contributed by atoms with Crippen LogP contribution in [-0.4, -0.2) is 15.4 Å². The van der Waals surface area contributed by atoms with E-state index in [9.17, 15) is 0 Å². The predicted molar refractivity (Wildman–Crippen MR) is 88.8 cm³/mol. The van der Waals surface area contributed by atoms with Crippen LogP contribution in [0.3, 0.4) is 0 Å². The van der Waals surface area contributed by atoms with E-state index in [2.05, 4.69) is 52.3 Å². The molecule has 0 spiro atoms. The molecule has 0 radical (unpaired) electrons. The summed E-state index contributed by atoms with van der Waals surface area (Å²) >= 11 is 8.28. The van der Waals surface area contributed by atoms with E-state index in [1.807, 2.05) is 0 Å². The average Bonchev–Trinajstić information content (AvgIpc) is 3.10. The third kappa shape index (κ3) is 2.64. The number of alkyl halides is 1. The number of aromatic nitrogens is 2. The lowest BCUT2D eigenvalue weighted by Crippen LogP contribution is -2.13. The third-order valence-corrected chi connectivity index (χ3v) is 5.17. The average molecular weight is 389 g/mol. The first-order valence-corrected chi connectivity index (χ1v) is 8.49. The van der Waals surface area contributed by atoms with Crippen LogP contribution in [0.15, 0.2) is 18.2 Å². The van der Waals surface area contributed by atoms with Crippen LogP contribution in [0.4, 0.5) is 0 Å². The first-order chi connectivity index (χ1) is 9.17. The number of benzene rings is 1. The van der Waals surface area contributed by atoms with Crippen molar-refractivity contribution < 1.29 is 0 Å². The van der Waals surface area contributed by atoms with E-state index >= 15 is 0 Å². The van der Waals surface area contributed by atoms with Crippen molar-refractivity contribution in [3.63, 3.8) is 0 Å². The van der Waals surface area contributed by atoms with Crippen molar-refractivity contribution in [1.82, 2.24) is 9.55 Å². The van der Waals surface area contributed by atoms with Gasteiger partial charge in [-0.15, -0.1) is 11.6 Å². The Balaban J connectivity index is 2.06. The number of rotatable bonds is 5. The molecule has 0 N–H and O–H groups in total. The number of imidazole rings is 1. The molecule has 0 aliphatic heterocycles. The van der Waals surface area contributed by atoms with E-state index in [4.69, 9.17) is 16.6 Å². The molecule has 4 heteroatoms. The molecular weight excluding hydrogens is 371 g/mol. The van der Waals surface area contributed by atoms with Crippen molar-refractivity contribution in [2.75, 3.05) is 5.88 Å². The van der Waals surface area contributed by atoms with Crippen molar-refractivity contribution in [3.8, 4) is 0 Å². The van der Waals surface area contributed by atoms with Crippen molar-refractivity contribution in [2.45, 2.75) is 39.2 Å². The number of hydrogen-bond donors (Lipinski definition) is 0. The lowest BCUT2D eigenvalue weighted by Gasteiger charge is -2.16. The number of fused-ring (bicyclic) bond motifs is 1. The molecule has 1 fully saturated rings. The zero-order chi connectivity index (χ0) is 13.5. The molecule has 1 aliphatic carbocycles. The molecule has 0 unspecified atom stereocenters. The molecule has 0 saturated heterocycles. The van der Waals surface area contributed by atoms with Crippen molar-refractivity contribution in [1.29, 1.82) is 0 Å². The quantitative estimate of drug-likeness (QED) is 0.540. The molecule has 1 aromatic heterocycles. The Morgan fingerprint density at radius 2 is 2.21 bits per heavy atom. The summed E-state index contributed by atoms with van der Waals surface area (Å²) < 4.78 is 3.65. The van der Waals surface area contributed by atoms with E-state index in [0.29, 0.717) is 11.3 Å².